The molecule has 1 unspecified atom stereocenters. The van der Waals surface area contributed by atoms with Gasteiger partial charge in [-0.25, -0.2) is 0 Å². The summed E-state index contributed by atoms with van der Waals surface area (Å²) in [4.78, 5) is 0. The molecule has 2 heteroatoms. The Balaban J connectivity index is 2.44. The van der Waals surface area contributed by atoms with E-state index in [-0.39, 0.29) is 6.04 Å². The second-order valence-corrected chi connectivity index (χ2v) is 5.47. The lowest BCUT2D eigenvalue weighted by Crippen LogP contribution is -2.12. The second kappa shape index (κ2) is 5.77. The predicted octanol–water partition coefficient (Wildman–Crippen LogP) is 4.90. The lowest BCUT2D eigenvalue weighted by molar-refractivity contribution is 0.652. The van der Waals surface area contributed by atoms with E-state index in [1.54, 1.807) is 0 Å². The molecule has 2 aromatic rings. The zero-order valence-electron chi connectivity index (χ0n) is 11.9. The minimum absolute atomic E-state index is 0.265. The molecule has 0 saturated carbocycles. The van der Waals surface area contributed by atoms with Gasteiger partial charge < -0.3 is 5.32 Å². The summed E-state index contributed by atoms with van der Waals surface area (Å²) in [5, 5.41) is 4.03. The van der Waals surface area contributed by atoms with Gasteiger partial charge in [0, 0.05) is 11.1 Å². The SMILES string of the molecule is CNC(C)c1ccc(-c2ccc(C)cc2C)cc1Cl. The maximum absolute atomic E-state index is 6.40. The first-order valence-corrected chi connectivity index (χ1v) is 6.95. The Morgan fingerprint density at radius 1 is 1.05 bits per heavy atom. The van der Waals surface area contributed by atoms with Crippen LogP contribution < -0.4 is 5.32 Å². The second-order valence-electron chi connectivity index (χ2n) is 5.07. The van der Waals surface area contributed by atoms with E-state index in [9.17, 15) is 0 Å². The van der Waals surface area contributed by atoms with Gasteiger partial charge in [-0.2, -0.15) is 0 Å². The summed E-state index contributed by atoms with van der Waals surface area (Å²) in [5.74, 6) is 0. The van der Waals surface area contributed by atoms with Crippen LogP contribution in [0.25, 0.3) is 11.1 Å². The van der Waals surface area contributed by atoms with E-state index in [0.29, 0.717) is 0 Å². The molecule has 0 aliphatic rings. The van der Waals surface area contributed by atoms with Crippen LogP contribution >= 0.6 is 11.6 Å². The first kappa shape index (κ1) is 14.1. The lowest BCUT2D eigenvalue weighted by Gasteiger charge is -2.14. The predicted molar refractivity (Wildman–Crippen MR) is 83.8 cm³/mol. The Morgan fingerprint density at radius 2 is 1.79 bits per heavy atom. The van der Waals surface area contributed by atoms with Crippen LogP contribution in [0.1, 0.15) is 29.7 Å². The molecule has 100 valence electrons. The van der Waals surface area contributed by atoms with Crippen molar-refractivity contribution in [1.82, 2.24) is 5.32 Å². The van der Waals surface area contributed by atoms with Gasteiger partial charge in [-0.3, -0.25) is 0 Å². The zero-order chi connectivity index (χ0) is 14.0. The third-order valence-corrected chi connectivity index (χ3v) is 3.92. The smallest absolute Gasteiger partial charge is 0.0459 e. The normalized spacial score (nSPS) is 12.5. The van der Waals surface area contributed by atoms with Gasteiger partial charge in [0.25, 0.3) is 0 Å². The van der Waals surface area contributed by atoms with Gasteiger partial charge in [-0.05, 0) is 56.1 Å². The van der Waals surface area contributed by atoms with E-state index < -0.39 is 0 Å². The molecule has 0 bridgehead atoms. The van der Waals surface area contributed by atoms with Crippen LogP contribution in [-0.4, -0.2) is 7.05 Å². The fourth-order valence-corrected chi connectivity index (χ4v) is 2.68. The molecular weight excluding hydrogens is 254 g/mol. The molecule has 0 aliphatic heterocycles. The highest BCUT2D eigenvalue weighted by Gasteiger charge is 2.10. The number of benzene rings is 2. The molecule has 1 nitrogen and oxygen atoms in total. The molecule has 0 fully saturated rings. The number of hydrogen-bond donors (Lipinski definition) is 1. The van der Waals surface area contributed by atoms with Gasteiger partial charge in [-0.1, -0.05) is 47.5 Å². The molecule has 19 heavy (non-hydrogen) atoms. The van der Waals surface area contributed by atoms with E-state index in [2.05, 4.69) is 62.5 Å². The number of nitrogens with one attached hydrogen (secondary N) is 1. The maximum atomic E-state index is 6.40. The monoisotopic (exact) mass is 273 g/mol. The average Bonchev–Trinajstić information content (AvgIpc) is 2.37. The zero-order valence-corrected chi connectivity index (χ0v) is 12.7. The summed E-state index contributed by atoms with van der Waals surface area (Å²) in [6, 6.07) is 13.1. The summed E-state index contributed by atoms with van der Waals surface area (Å²) in [6.45, 7) is 6.36. The lowest BCUT2D eigenvalue weighted by atomic mass is 9.97. The van der Waals surface area contributed by atoms with Gasteiger partial charge in [0.2, 0.25) is 0 Å². The van der Waals surface area contributed by atoms with Crippen molar-refractivity contribution >= 4 is 11.6 Å². The summed E-state index contributed by atoms with van der Waals surface area (Å²) in [5.41, 5.74) is 6.13. The van der Waals surface area contributed by atoms with E-state index in [1.165, 1.54) is 22.3 Å². The van der Waals surface area contributed by atoms with Crippen molar-refractivity contribution in [2.75, 3.05) is 7.05 Å². The fraction of sp³-hybridized carbons (Fsp3) is 0.294. The van der Waals surface area contributed by atoms with Gasteiger partial charge in [0.05, 0.1) is 0 Å². The van der Waals surface area contributed by atoms with Crippen LogP contribution in [0.3, 0.4) is 0 Å². The fourth-order valence-electron chi connectivity index (χ4n) is 2.34. The van der Waals surface area contributed by atoms with E-state index >= 15 is 0 Å². The van der Waals surface area contributed by atoms with Crippen LogP contribution in [0, 0.1) is 13.8 Å². The number of halogens is 1. The minimum atomic E-state index is 0.265. The quantitative estimate of drug-likeness (QED) is 0.838. The molecule has 0 amide bonds. The Morgan fingerprint density at radius 3 is 2.37 bits per heavy atom. The summed E-state index contributed by atoms with van der Waals surface area (Å²) in [7, 11) is 1.94. The van der Waals surface area contributed by atoms with Gasteiger partial charge in [0.15, 0.2) is 0 Å². The summed E-state index contributed by atoms with van der Waals surface area (Å²) in [6.07, 6.45) is 0. The third-order valence-electron chi connectivity index (χ3n) is 3.59. The molecular formula is C17H20ClN. The van der Waals surface area contributed by atoms with Crippen molar-refractivity contribution < 1.29 is 0 Å². The highest BCUT2D eigenvalue weighted by atomic mass is 35.5. The van der Waals surface area contributed by atoms with Crippen molar-refractivity contribution in [2.24, 2.45) is 0 Å². The van der Waals surface area contributed by atoms with E-state index in [0.717, 1.165) is 10.6 Å². The summed E-state index contributed by atoms with van der Waals surface area (Å²) >= 11 is 6.40. The first-order valence-electron chi connectivity index (χ1n) is 6.57. The van der Waals surface area contributed by atoms with Crippen LogP contribution in [0.5, 0.6) is 0 Å². The van der Waals surface area contributed by atoms with E-state index in [1.807, 2.05) is 7.05 Å². The third kappa shape index (κ3) is 2.99. The molecule has 0 heterocycles. The van der Waals surface area contributed by atoms with Crippen molar-refractivity contribution in [3.8, 4) is 11.1 Å². The van der Waals surface area contributed by atoms with E-state index in [4.69, 9.17) is 11.6 Å². The van der Waals surface area contributed by atoms with Crippen molar-refractivity contribution in [1.29, 1.82) is 0 Å². The van der Waals surface area contributed by atoms with Crippen molar-refractivity contribution in [2.45, 2.75) is 26.8 Å². The Hall–Kier alpha value is -1.31. The number of rotatable bonds is 3. The topological polar surface area (TPSA) is 12.0 Å². The first-order chi connectivity index (χ1) is 9.02. The molecule has 0 spiro atoms. The molecule has 1 N–H and O–H groups in total. The highest BCUT2D eigenvalue weighted by Crippen LogP contribution is 2.30. The van der Waals surface area contributed by atoms with Crippen LogP contribution in [0.15, 0.2) is 36.4 Å². The van der Waals surface area contributed by atoms with Crippen LogP contribution in [0.2, 0.25) is 5.02 Å². The van der Waals surface area contributed by atoms with Gasteiger partial charge >= 0.3 is 0 Å². The van der Waals surface area contributed by atoms with Gasteiger partial charge in [0.1, 0.15) is 0 Å². The largest absolute Gasteiger partial charge is 0.313 e. The Bertz CT molecular complexity index is 590. The van der Waals surface area contributed by atoms with Crippen LogP contribution in [0.4, 0.5) is 0 Å². The maximum Gasteiger partial charge on any atom is 0.0459 e. The molecule has 0 aromatic heterocycles. The molecule has 0 radical (unpaired) electrons. The summed E-state index contributed by atoms with van der Waals surface area (Å²) < 4.78 is 0. The Kier molecular flexibility index (Phi) is 4.28. The minimum Gasteiger partial charge on any atom is -0.313 e. The number of aryl methyl sites for hydroxylation is 2. The average molecular weight is 274 g/mol. The molecule has 1 atom stereocenters. The molecule has 2 rings (SSSR count). The number of hydrogen-bond acceptors (Lipinski definition) is 1. The van der Waals surface area contributed by atoms with Crippen LogP contribution in [-0.2, 0) is 0 Å². The van der Waals surface area contributed by atoms with Crippen molar-refractivity contribution in [3.63, 3.8) is 0 Å². The Labute approximate surface area is 120 Å². The van der Waals surface area contributed by atoms with Gasteiger partial charge in [-0.15, -0.1) is 0 Å². The molecule has 2 aromatic carbocycles. The molecule has 0 saturated heterocycles. The van der Waals surface area contributed by atoms with Crippen molar-refractivity contribution in [3.05, 3.63) is 58.1 Å². The standard InChI is InChI=1S/C17H20ClN/c1-11-5-7-15(12(2)9-11)14-6-8-16(13(3)19-4)17(18)10-14/h5-10,13,19H,1-4H3. The molecule has 0 aliphatic carbocycles. The highest BCUT2D eigenvalue weighted by molar-refractivity contribution is 6.31.